The van der Waals surface area contributed by atoms with Gasteiger partial charge in [0.25, 0.3) is 0 Å². The summed E-state index contributed by atoms with van der Waals surface area (Å²) in [5.74, 6) is -0.191. The molecule has 0 aliphatic heterocycles. The monoisotopic (exact) mass is 316 g/mol. The number of hydrogen-bond acceptors (Lipinski definition) is 7. The van der Waals surface area contributed by atoms with Gasteiger partial charge in [-0.2, -0.15) is 0 Å². The lowest BCUT2D eigenvalue weighted by Crippen LogP contribution is -2.10. The number of ether oxygens (including phenoxy) is 1. The van der Waals surface area contributed by atoms with Crippen LogP contribution in [0.15, 0.2) is 9.63 Å². The second-order valence-corrected chi connectivity index (χ2v) is 6.14. The summed E-state index contributed by atoms with van der Waals surface area (Å²) in [6.45, 7) is 2.23. The number of aryl methyl sites for hydroxylation is 1. The summed E-state index contributed by atoms with van der Waals surface area (Å²) in [5, 5.41) is 5.00. The maximum absolute atomic E-state index is 11.7. The Balaban J connectivity index is 2.28. The summed E-state index contributed by atoms with van der Waals surface area (Å²) in [6.07, 6.45) is 4.80. The number of nitrogens with zero attached hydrogens (tertiary/aromatic N) is 2. The molecule has 4 nitrogen and oxygen atoms in total. The zero-order chi connectivity index (χ0) is 13.7. The van der Waals surface area contributed by atoms with E-state index in [1.54, 1.807) is 11.3 Å². The number of fused-ring (bicyclic) bond motifs is 1. The van der Waals surface area contributed by atoms with E-state index < -0.39 is 0 Å². The number of esters is 1. The quantitative estimate of drug-likeness (QED) is 0.289. The number of thiophene rings is 1. The molecule has 1 aliphatic rings. The van der Waals surface area contributed by atoms with E-state index in [1.807, 2.05) is 6.92 Å². The Morgan fingerprint density at radius 1 is 1.47 bits per heavy atom. The third-order valence-corrected chi connectivity index (χ3v) is 4.65. The van der Waals surface area contributed by atoms with Gasteiger partial charge < -0.3 is 4.74 Å². The third-order valence-electron chi connectivity index (χ3n) is 3.05. The van der Waals surface area contributed by atoms with Crippen molar-refractivity contribution in [2.24, 2.45) is 9.63 Å². The van der Waals surface area contributed by atoms with E-state index in [9.17, 15) is 4.79 Å². The molecule has 0 radical (unpaired) electrons. The van der Waals surface area contributed by atoms with Crippen molar-refractivity contribution in [3.05, 3.63) is 16.0 Å². The highest BCUT2D eigenvalue weighted by atomic mass is 33.1. The molecule has 104 valence electrons. The van der Waals surface area contributed by atoms with Crippen molar-refractivity contribution in [3.8, 4) is 0 Å². The fourth-order valence-corrected chi connectivity index (χ4v) is 3.80. The SMILES string of the molecule is CCOC(=O)Cc1c(/N=N/SS)sc2c1CCCC2. The van der Waals surface area contributed by atoms with E-state index in [4.69, 9.17) is 4.74 Å². The predicted molar refractivity (Wildman–Crippen MR) is 82.4 cm³/mol. The highest BCUT2D eigenvalue weighted by molar-refractivity contribution is 8.68. The van der Waals surface area contributed by atoms with Crippen molar-refractivity contribution in [3.63, 3.8) is 0 Å². The highest BCUT2D eigenvalue weighted by Crippen LogP contribution is 2.40. The second kappa shape index (κ2) is 7.31. The van der Waals surface area contributed by atoms with Crippen LogP contribution in [0.5, 0.6) is 0 Å². The van der Waals surface area contributed by atoms with Gasteiger partial charge in [0, 0.05) is 10.4 Å². The molecular weight excluding hydrogens is 300 g/mol. The number of thiol groups is 1. The van der Waals surface area contributed by atoms with Gasteiger partial charge in [-0.15, -0.1) is 21.0 Å². The van der Waals surface area contributed by atoms with E-state index in [0.717, 1.165) is 34.4 Å². The molecule has 1 aromatic rings. The van der Waals surface area contributed by atoms with Crippen LogP contribution in [0, 0.1) is 0 Å². The van der Waals surface area contributed by atoms with Crippen LogP contribution in [-0.4, -0.2) is 12.6 Å². The van der Waals surface area contributed by atoms with E-state index in [1.165, 1.54) is 23.3 Å². The average molecular weight is 316 g/mol. The number of rotatable bonds is 5. The molecule has 0 fully saturated rings. The summed E-state index contributed by atoms with van der Waals surface area (Å²) >= 11 is 5.60. The Morgan fingerprint density at radius 2 is 2.26 bits per heavy atom. The minimum atomic E-state index is -0.191. The molecule has 0 aromatic carbocycles. The van der Waals surface area contributed by atoms with Crippen LogP contribution in [0.2, 0.25) is 0 Å². The summed E-state index contributed by atoms with van der Waals surface area (Å²) in [6, 6.07) is 0. The van der Waals surface area contributed by atoms with Crippen LogP contribution in [0.25, 0.3) is 0 Å². The number of carbonyl (C=O) groups is 1. The Morgan fingerprint density at radius 3 is 3.00 bits per heavy atom. The lowest BCUT2D eigenvalue weighted by atomic mass is 9.94. The fraction of sp³-hybridized carbons (Fsp3) is 0.583. The molecule has 0 atom stereocenters. The standard InChI is InChI=1S/C12H16N2O2S3/c1-2-16-11(15)7-9-8-5-3-4-6-10(8)18-12(9)13-14-19-17/h17H,2-7H2,1H3/b14-13+. The molecule has 0 unspecified atom stereocenters. The first kappa shape index (κ1) is 14.9. The van der Waals surface area contributed by atoms with Crippen LogP contribution in [0.3, 0.4) is 0 Å². The maximum Gasteiger partial charge on any atom is 0.310 e. The molecule has 1 aromatic heterocycles. The maximum atomic E-state index is 11.7. The summed E-state index contributed by atoms with van der Waals surface area (Å²) in [4.78, 5) is 13.1. The smallest absolute Gasteiger partial charge is 0.310 e. The molecule has 1 aliphatic carbocycles. The Labute approximate surface area is 126 Å². The van der Waals surface area contributed by atoms with Crippen molar-refractivity contribution >= 4 is 44.9 Å². The Bertz CT molecular complexity index is 486. The number of hydrogen-bond donors (Lipinski definition) is 1. The van der Waals surface area contributed by atoms with Gasteiger partial charge >= 0.3 is 5.97 Å². The van der Waals surface area contributed by atoms with Crippen molar-refractivity contribution in [1.82, 2.24) is 0 Å². The lowest BCUT2D eigenvalue weighted by molar-refractivity contribution is -0.142. The molecular formula is C12H16N2O2S3. The van der Waals surface area contributed by atoms with Gasteiger partial charge in [0.05, 0.1) is 24.0 Å². The van der Waals surface area contributed by atoms with Gasteiger partial charge in [-0.05, 0) is 38.2 Å². The minimum Gasteiger partial charge on any atom is -0.466 e. The van der Waals surface area contributed by atoms with Crippen molar-refractivity contribution < 1.29 is 9.53 Å². The molecule has 7 heteroatoms. The topological polar surface area (TPSA) is 51.0 Å². The average Bonchev–Trinajstić information content (AvgIpc) is 2.75. The van der Waals surface area contributed by atoms with E-state index in [2.05, 4.69) is 21.3 Å². The zero-order valence-corrected chi connectivity index (χ0v) is 13.2. The van der Waals surface area contributed by atoms with Crippen LogP contribution in [0.4, 0.5) is 5.00 Å². The Hall–Kier alpha value is -0.530. The number of carbonyl (C=O) groups excluding carboxylic acids is 1. The Kier molecular flexibility index (Phi) is 5.72. The largest absolute Gasteiger partial charge is 0.466 e. The minimum absolute atomic E-state index is 0.191. The molecule has 0 amide bonds. The third kappa shape index (κ3) is 3.73. The normalized spacial score (nSPS) is 14.6. The van der Waals surface area contributed by atoms with Crippen molar-refractivity contribution in [2.75, 3.05) is 6.61 Å². The molecule has 0 spiro atoms. The van der Waals surface area contributed by atoms with Gasteiger partial charge in [0.2, 0.25) is 0 Å². The second-order valence-electron chi connectivity index (χ2n) is 4.24. The van der Waals surface area contributed by atoms with Crippen LogP contribution in [0.1, 0.15) is 35.8 Å². The predicted octanol–water partition coefficient (Wildman–Crippen LogP) is 4.31. The van der Waals surface area contributed by atoms with E-state index in [-0.39, 0.29) is 5.97 Å². The summed E-state index contributed by atoms with van der Waals surface area (Å²) in [7, 11) is 1.02. The van der Waals surface area contributed by atoms with Gasteiger partial charge in [0.1, 0.15) is 5.00 Å². The molecule has 2 rings (SSSR count). The van der Waals surface area contributed by atoms with Gasteiger partial charge in [-0.1, -0.05) is 11.7 Å². The van der Waals surface area contributed by atoms with Crippen molar-refractivity contribution in [1.29, 1.82) is 0 Å². The molecule has 0 saturated heterocycles. The molecule has 0 N–H and O–H groups in total. The van der Waals surface area contributed by atoms with Gasteiger partial charge in [-0.3, -0.25) is 4.79 Å². The van der Waals surface area contributed by atoms with Crippen LogP contribution in [-0.2, 0) is 28.8 Å². The van der Waals surface area contributed by atoms with Crippen LogP contribution >= 0.6 is 34.0 Å². The summed E-state index contributed by atoms with van der Waals surface area (Å²) in [5.41, 5.74) is 2.30. The molecule has 1 heterocycles. The summed E-state index contributed by atoms with van der Waals surface area (Å²) < 4.78 is 8.90. The zero-order valence-electron chi connectivity index (χ0n) is 10.7. The molecule has 19 heavy (non-hydrogen) atoms. The lowest BCUT2D eigenvalue weighted by Gasteiger charge is -2.12. The highest BCUT2D eigenvalue weighted by Gasteiger charge is 2.22. The molecule has 0 bridgehead atoms. The van der Waals surface area contributed by atoms with Gasteiger partial charge in [-0.25, -0.2) is 0 Å². The van der Waals surface area contributed by atoms with Gasteiger partial charge in [0.15, 0.2) is 0 Å². The van der Waals surface area contributed by atoms with Crippen LogP contribution < -0.4 is 0 Å². The van der Waals surface area contributed by atoms with E-state index in [0.29, 0.717) is 13.0 Å². The van der Waals surface area contributed by atoms with E-state index >= 15 is 0 Å². The first-order valence-corrected chi connectivity index (χ1v) is 8.91. The van der Waals surface area contributed by atoms with Crippen molar-refractivity contribution in [2.45, 2.75) is 39.0 Å². The fourth-order valence-electron chi connectivity index (χ4n) is 2.29. The first-order valence-electron chi connectivity index (χ1n) is 6.27. The molecule has 0 saturated carbocycles. The first-order chi connectivity index (χ1) is 9.26.